The summed E-state index contributed by atoms with van der Waals surface area (Å²) in [5.41, 5.74) is 1.87. The predicted octanol–water partition coefficient (Wildman–Crippen LogP) is 2.95. The van der Waals surface area contributed by atoms with Crippen LogP contribution in [0.4, 0.5) is 0 Å². The molecular weight excluding hydrogens is 226 g/mol. The number of benzene rings is 2. The van der Waals surface area contributed by atoms with Crippen molar-refractivity contribution in [1.29, 1.82) is 5.26 Å². The molecule has 0 aliphatic rings. The molecule has 0 aliphatic heterocycles. The summed E-state index contributed by atoms with van der Waals surface area (Å²) in [7, 11) is 0. The molecule has 0 spiro atoms. The largest absolute Gasteiger partial charge is 0.508 e. The van der Waals surface area contributed by atoms with Crippen LogP contribution >= 0.6 is 0 Å². The molecule has 2 N–H and O–H groups in total. The zero-order chi connectivity index (χ0) is 13.0. The van der Waals surface area contributed by atoms with E-state index in [0.717, 1.165) is 11.1 Å². The van der Waals surface area contributed by atoms with Crippen LogP contribution in [0, 0.1) is 11.3 Å². The molecule has 2 aromatic rings. The first kappa shape index (κ1) is 12.0. The molecule has 0 aromatic heterocycles. The molecule has 0 aliphatic carbocycles. The average Bonchev–Trinajstić information content (AvgIpc) is 2.39. The molecule has 0 heterocycles. The highest BCUT2D eigenvalue weighted by atomic mass is 16.3. The lowest BCUT2D eigenvalue weighted by atomic mass is 9.93. The first-order chi connectivity index (χ1) is 8.69. The number of hydrogen-bond donors (Lipinski definition) is 2. The third-order valence-corrected chi connectivity index (χ3v) is 2.83. The van der Waals surface area contributed by atoms with E-state index in [1.54, 1.807) is 48.5 Å². The number of aromatic hydroxyl groups is 2. The van der Waals surface area contributed by atoms with Crippen LogP contribution in [-0.4, -0.2) is 10.2 Å². The summed E-state index contributed by atoms with van der Waals surface area (Å²) in [6.07, 6.45) is 0.585. The molecule has 3 nitrogen and oxygen atoms in total. The maximum atomic E-state index is 9.22. The van der Waals surface area contributed by atoms with Crippen molar-refractivity contribution in [2.45, 2.75) is 12.3 Å². The summed E-state index contributed by atoms with van der Waals surface area (Å²) in [5, 5.41) is 27.6. The van der Waals surface area contributed by atoms with E-state index in [-0.39, 0.29) is 17.4 Å². The van der Waals surface area contributed by atoms with Crippen LogP contribution < -0.4 is 0 Å². The smallest absolute Gasteiger partial charge is 0.115 e. The Labute approximate surface area is 106 Å². The first-order valence-electron chi connectivity index (χ1n) is 5.65. The second kappa shape index (κ2) is 5.24. The molecule has 0 fully saturated rings. The fourth-order valence-electron chi connectivity index (χ4n) is 1.81. The van der Waals surface area contributed by atoms with Crippen molar-refractivity contribution < 1.29 is 10.2 Å². The highest BCUT2D eigenvalue weighted by Gasteiger charge is 2.11. The third kappa shape index (κ3) is 2.80. The van der Waals surface area contributed by atoms with Crippen LogP contribution in [0.2, 0.25) is 0 Å². The van der Waals surface area contributed by atoms with Gasteiger partial charge >= 0.3 is 0 Å². The van der Waals surface area contributed by atoms with Crippen LogP contribution in [0.3, 0.4) is 0 Å². The van der Waals surface area contributed by atoms with E-state index in [2.05, 4.69) is 6.07 Å². The van der Waals surface area contributed by atoms with E-state index >= 15 is 0 Å². The van der Waals surface area contributed by atoms with Crippen LogP contribution in [0.25, 0.3) is 0 Å². The Morgan fingerprint density at radius 2 is 1.39 bits per heavy atom. The van der Waals surface area contributed by atoms with Crippen molar-refractivity contribution in [3.63, 3.8) is 0 Å². The minimum atomic E-state index is -0.254. The van der Waals surface area contributed by atoms with Crippen LogP contribution in [0.15, 0.2) is 48.5 Å². The minimum Gasteiger partial charge on any atom is -0.508 e. The number of phenolic OH excluding ortho intramolecular Hbond substituents is 2. The molecule has 0 radical (unpaired) electrons. The van der Waals surface area contributed by atoms with E-state index in [1.807, 2.05) is 0 Å². The average molecular weight is 239 g/mol. The van der Waals surface area contributed by atoms with E-state index in [1.165, 1.54) is 0 Å². The quantitative estimate of drug-likeness (QED) is 0.865. The Morgan fingerprint density at radius 3 is 1.89 bits per heavy atom. The summed E-state index contributed by atoms with van der Waals surface area (Å²) in [6.45, 7) is 0. The molecule has 0 saturated carbocycles. The Kier molecular flexibility index (Phi) is 3.49. The Hall–Kier alpha value is -2.47. The van der Waals surface area contributed by atoms with E-state index in [9.17, 15) is 15.5 Å². The van der Waals surface area contributed by atoms with Gasteiger partial charge in [0, 0.05) is 0 Å². The van der Waals surface area contributed by atoms with Crippen molar-refractivity contribution >= 4 is 0 Å². The van der Waals surface area contributed by atoms with Gasteiger partial charge in [0.1, 0.15) is 11.5 Å². The first-order valence-corrected chi connectivity index (χ1v) is 5.65. The van der Waals surface area contributed by atoms with Crippen LogP contribution in [0.5, 0.6) is 11.5 Å². The van der Waals surface area contributed by atoms with Gasteiger partial charge in [0.15, 0.2) is 0 Å². The normalized spacial score (nSPS) is 11.7. The van der Waals surface area contributed by atoms with Gasteiger partial charge in [0.05, 0.1) is 12.0 Å². The fourth-order valence-corrected chi connectivity index (χ4v) is 1.81. The maximum absolute atomic E-state index is 9.22. The molecular formula is C15H13NO2. The molecule has 2 rings (SSSR count). The molecule has 0 unspecified atom stereocenters. The van der Waals surface area contributed by atoms with Gasteiger partial charge in [-0.05, 0) is 41.8 Å². The summed E-state index contributed by atoms with van der Waals surface area (Å²) in [4.78, 5) is 0. The number of hydrogen-bond acceptors (Lipinski definition) is 3. The molecule has 2 aromatic carbocycles. The summed E-state index contributed by atoms with van der Waals surface area (Å²) >= 11 is 0. The van der Waals surface area contributed by atoms with E-state index in [4.69, 9.17) is 0 Å². The summed E-state index contributed by atoms with van der Waals surface area (Å²) < 4.78 is 0. The van der Waals surface area contributed by atoms with E-state index < -0.39 is 0 Å². The predicted molar refractivity (Wildman–Crippen MR) is 68.3 cm³/mol. The minimum absolute atomic E-state index is 0.195. The Bertz CT molecular complexity index is 553. The van der Waals surface area contributed by atoms with Crippen molar-refractivity contribution in [3.05, 3.63) is 59.7 Å². The van der Waals surface area contributed by atoms with Gasteiger partial charge in [-0.15, -0.1) is 0 Å². The number of phenols is 2. The van der Waals surface area contributed by atoms with Crippen LogP contribution in [-0.2, 0) is 6.42 Å². The molecule has 1 atom stereocenters. The fraction of sp³-hybridized carbons (Fsp3) is 0.133. The number of nitriles is 1. The number of rotatable bonds is 3. The second-order valence-corrected chi connectivity index (χ2v) is 4.14. The molecule has 18 heavy (non-hydrogen) atoms. The van der Waals surface area contributed by atoms with Gasteiger partial charge in [-0.3, -0.25) is 0 Å². The van der Waals surface area contributed by atoms with Crippen molar-refractivity contribution in [2.24, 2.45) is 0 Å². The zero-order valence-corrected chi connectivity index (χ0v) is 9.74. The number of nitrogens with zero attached hydrogens (tertiary/aromatic N) is 1. The second-order valence-electron chi connectivity index (χ2n) is 4.14. The molecule has 3 heteroatoms. The Morgan fingerprint density at radius 1 is 0.889 bits per heavy atom. The van der Waals surface area contributed by atoms with Gasteiger partial charge in [-0.2, -0.15) is 5.26 Å². The summed E-state index contributed by atoms with van der Waals surface area (Å²) in [5.74, 6) is 0.159. The van der Waals surface area contributed by atoms with Gasteiger partial charge in [-0.1, -0.05) is 24.3 Å². The standard InChI is InChI=1S/C15H13NO2/c16-10-13(12-3-7-15(18)8-4-12)9-11-1-5-14(17)6-2-11/h1-8,13,17-18H,9H2/t13-/m0/s1. The van der Waals surface area contributed by atoms with Crippen molar-refractivity contribution in [2.75, 3.05) is 0 Å². The van der Waals surface area contributed by atoms with Gasteiger partial charge in [0.25, 0.3) is 0 Å². The molecule has 0 saturated heterocycles. The molecule has 90 valence electrons. The lowest BCUT2D eigenvalue weighted by Gasteiger charge is -2.09. The molecule has 0 amide bonds. The van der Waals surface area contributed by atoms with Gasteiger partial charge < -0.3 is 10.2 Å². The lowest BCUT2D eigenvalue weighted by molar-refractivity contribution is 0.474. The summed E-state index contributed by atoms with van der Waals surface area (Å²) in [6, 6.07) is 15.8. The highest BCUT2D eigenvalue weighted by molar-refractivity contribution is 5.34. The zero-order valence-electron chi connectivity index (χ0n) is 9.74. The topological polar surface area (TPSA) is 64.2 Å². The monoisotopic (exact) mass is 239 g/mol. The molecule has 0 bridgehead atoms. The lowest BCUT2D eigenvalue weighted by Crippen LogP contribution is -2.00. The van der Waals surface area contributed by atoms with Gasteiger partial charge in [0.2, 0.25) is 0 Å². The van der Waals surface area contributed by atoms with Crippen molar-refractivity contribution in [3.8, 4) is 17.6 Å². The maximum Gasteiger partial charge on any atom is 0.115 e. The Balaban J connectivity index is 2.17. The van der Waals surface area contributed by atoms with Gasteiger partial charge in [-0.25, -0.2) is 0 Å². The van der Waals surface area contributed by atoms with Crippen molar-refractivity contribution in [1.82, 2.24) is 0 Å². The van der Waals surface area contributed by atoms with E-state index in [0.29, 0.717) is 6.42 Å². The SMILES string of the molecule is N#C[C@H](Cc1ccc(O)cc1)c1ccc(O)cc1. The third-order valence-electron chi connectivity index (χ3n) is 2.83. The highest BCUT2D eigenvalue weighted by Crippen LogP contribution is 2.23. The van der Waals surface area contributed by atoms with Crippen LogP contribution in [0.1, 0.15) is 17.0 Å².